The highest BCUT2D eigenvalue weighted by Crippen LogP contribution is 2.00. The number of aryl methyl sites for hydroxylation is 1. The van der Waals surface area contributed by atoms with Crippen molar-refractivity contribution in [2.24, 2.45) is 0 Å². The fourth-order valence-electron chi connectivity index (χ4n) is 0.700. The Balaban J connectivity index is 3.17. The zero-order chi connectivity index (χ0) is 7.56. The van der Waals surface area contributed by atoms with Crippen molar-refractivity contribution in [3.05, 3.63) is 32.7 Å². The molecule has 0 spiro atoms. The largest absolute Gasteiger partial charge is 0.364 e. The first kappa shape index (κ1) is 7.54. The molecule has 0 saturated heterocycles. The van der Waals surface area contributed by atoms with E-state index in [0.717, 1.165) is 12.1 Å². The lowest BCUT2D eigenvalue weighted by Crippen LogP contribution is -2.02. The maximum absolute atomic E-state index is 10.9. The summed E-state index contributed by atoms with van der Waals surface area (Å²) in [5.74, 6) is 0. The van der Waals surface area contributed by atoms with Gasteiger partial charge in [0.2, 0.25) is 0 Å². The second-order valence-corrected chi connectivity index (χ2v) is 2.88. The monoisotopic (exact) mass is 201 g/mol. The second-order valence-electron chi connectivity index (χ2n) is 2.02. The Kier molecular flexibility index (Phi) is 2.27. The highest BCUT2D eigenvalue weighted by atomic mass is 79.9. The summed E-state index contributed by atoms with van der Waals surface area (Å²) in [5, 5.41) is 0. The van der Waals surface area contributed by atoms with Crippen molar-refractivity contribution < 1.29 is 0 Å². The molecule has 2 nitrogen and oxygen atoms in total. The molecule has 0 aliphatic heterocycles. The van der Waals surface area contributed by atoms with Crippen molar-refractivity contribution in [3.63, 3.8) is 0 Å². The number of aromatic nitrogens is 1. The average molecular weight is 202 g/mol. The normalized spacial score (nSPS) is 9.80. The molecule has 3 heteroatoms. The van der Waals surface area contributed by atoms with Crippen molar-refractivity contribution in [1.29, 1.82) is 0 Å². The van der Waals surface area contributed by atoms with E-state index < -0.39 is 0 Å². The van der Waals surface area contributed by atoms with Gasteiger partial charge in [0, 0.05) is 18.0 Å². The van der Waals surface area contributed by atoms with E-state index in [0.29, 0.717) is 4.47 Å². The van der Waals surface area contributed by atoms with E-state index in [1.165, 1.54) is 0 Å². The van der Waals surface area contributed by atoms with Crippen molar-refractivity contribution in [1.82, 2.24) is 4.98 Å². The number of rotatable bonds is 1. The molecule has 0 amide bonds. The Morgan fingerprint density at radius 3 is 2.90 bits per heavy atom. The van der Waals surface area contributed by atoms with Crippen LogP contribution in [0.3, 0.4) is 0 Å². The smallest absolute Gasteiger partial charge is 0.195 e. The van der Waals surface area contributed by atoms with Crippen LogP contribution in [0.2, 0.25) is 0 Å². The van der Waals surface area contributed by atoms with Gasteiger partial charge in [0.1, 0.15) is 0 Å². The van der Waals surface area contributed by atoms with Crippen LogP contribution in [0.1, 0.15) is 12.6 Å². The highest BCUT2D eigenvalue weighted by Gasteiger charge is 1.94. The van der Waals surface area contributed by atoms with Gasteiger partial charge in [0.15, 0.2) is 5.43 Å². The van der Waals surface area contributed by atoms with E-state index in [2.05, 4.69) is 20.9 Å². The molecule has 0 aliphatic rings. The molecule has 0 radical (unpaired) electrons. The maximum atomic E-state index is 10.9. The SMILES string of the molecule is CCc1cc(=O)c(Br)c[nH]1. The van der Waals surface area contributed by atoms with E-state index >= 15 is 0 Å². The number of pyridine rings is 1. The van der Waals surface area contributed by atoms with Crippen LogP contribution in [0.4, 0.5) is 0 Å². The van der Waals surface area contributed by atoms with Gasteiger partial charge in [-0.15, -0.1) is 0 Å². The van der Waals surface area contributed by atoms with Crippen LogP contribution in [0.25, 0.3) is 0 Å². The number of H-pyrrole nitrogens is 1. The van der Waals surface area contributed by atoms with Gasteiger partial charge in [-0.2, -0.15) is 0 Å². The van der Waals surface area contributed by atoms with Gasteiger partial charge in [-0.1, -0.05) is 6.92 Å². The van der Waals surface area contributed by atoms with Gasteiger partial charge in [-0.3, -0.25) is 4.79 Å². The van der Waals surface area contributed by atoms with E-state index in [4.69, 9.17) is 0 Å². The quantitative estimate of drug-likeness (QED) is 0.738. The standard InChI is InChI=1S/C7H8BrNO/c1-2-5-3-7(10)6(8)4-9-5/h3-4H,2H2,1H3,(H,9,10). The number of hydrogen-bond acceptors (Lipinski definition) is 1. The Labute approximate surface area is 67.4 Å². The summed E-state index contributed by atoms with van der Waals surface area (Å²) in [6.45, 7) is 2.00. The van der Waals surface area contributed by atoms with Gasteiger partial charge in [0.25, 0.3) is 0 Å². The summed E-state index contributed by atoms with van der Waals surface area (Å²) in [6, 6.07) is 1.60. The third kappa shape index (κ3) is 1.48. The third-order valence-electron chi connectivity index (χ3n) is 1.31. The molecule has 0 bridgehead atoms. The molecule has 54 valence electrons. The van der Waals surface area contributed by atoms with Crippen molar-refractivity contribution in [2.75, 3.05) is 0 Å². The van der Waals surface area contributed by atoms with Crippen LogP contribution in [-0.2, 0) is 6.42 Å². The molecular weight excluding hydrogens is 194 g/mol. The first-order chi connectivity index (χ1) is 4.74. The molecule has 1 aromatic heterocycles. The van der Waals surface area contributed by atoms with Crippen molar-refractivity contribution in [3.8, 4) is 0 Å². The lowest BCUT2D eigenvalue weighted by atomic mass is 10.3. The predicted octanol–water partition coefficient (Wildman–Crippen LogP) is 1.70. The Morgan fingerprint density at radius 2 is 2.40 bits per heavy atom. The number of halogens is 1. The van der Waals surface area contributed by atoms with E-state index in [-0.39, 0.29) is 5.43 Å². The van der Waals surface area contributed by atoms with E-state index in [1.54, 1.807) is 12.3 Å². The highest BCUT2D eigenvalue weighted by molar-refractivity contribution is 9.10. The molecule has 0 aliphatic carbocycles. The molecule has 1 heterocycles. The van der Waals surface area contributed by atoms with Gasteiger partial charge >= 0.3 is 0 Å². The van der Waals surface area contributed by atoms with Gasteiger partial charge < -0.3 is 4.98 Å². The van der Waals surface area contributed by atoms with Gasteiger partial charge in [-0.25, -0.2) is 0 Å². The third-order valence-corrected chi connectivity index (χ3v) is 1.93. The van der Waals surface area contributed by atoms with Crippen molar-refractivity contribution >= 4 is 15.9 Å². The second kappa shape index (κ2) is 3.01. The Hall–Kier alpha value is -0.570. The minimum absolute atomic E-state index is 0.0376. The fraction of sp³-hybridized carbons (Fsp3) is 0.286. The number of aromatic amines is 1. The summed E-state index contributed by atoms with van der Waals surface area (Å²) in [6.07, 6.45) is 2.53. The molecule has 0 atom stereocenters. The van der Waals surface area contributed by atoms with Crippen LogP contribution in [0, 0.1) is 0 Å². The van der Waals surface area contributed by atoms with Crippen LogP contribution in [-0.4, -0.2) is 4.98 Å². The molecular formula is C7H8BrNO. The minimum Gasteiger partial charge on any atom is -0.364 e. The molecule has 0 aromatic carbocycles. The minimum atomic E-state index is 0.0376. The molecule has 0 unspecified atom stereocenters. The van der Waals surface area contributed by atoms with Gasteiger partial charge in [0.05, 0.1) is 4.47 Å². The molecule has 0 fully saturated rings. The summed E-state index contributed by atoms with van der Waals surface area (Å²) in [7, 11) is 0. The summed E-state index contributed by atoms with van der Waals surface area (Å²) in [4.78, 5) is 13.9. The zero-order valence-corrected chi connectivity index (χ0v) is 7.23. The predicted molar refractivity (Wildman–Crippen MR) is 44.1 cm³/mol. The van der Waals surface area contributed by atoms with Crippen molar-refractivity contribution in [2.45, 2.75) is 13.3 Å². The average Bonchev–Trinajstić information content (AvgIpc) is 1.95. The number of hydrogen-bond donors (Lipinski definition) is 1. The molecule has 10 heavy (non-hydrogen) atoms. The van der Waals surface area contributed by atoms with Crippen LogP contribution >= 0.6 is 15.9 Å². The lowest BCUT2D eigenvalue weighted by Gasteiger charge is -1.94. The molecule has 1 aromatic rings. The fourth-order valence-corrected chi connectivity index (χ4v) is 0.929. The number of nitrogens with one attached hydrogen (secondary N) is 1. The molecule has 1 rings (SSSR count). The summed E-state index contributed by atoms with van der Waals surface area (Å²) >= 11 is 3.11. The first-order valence-corrected chi connectivity index (χ1v) is 3.90. The van der Waals surface area contributed by atoms with E-state index in [1.807, 2.05) is 6.92 Å². The molecule has 0 saturated carbocycles. The maximum Gasteiger partial charge on any atom is 0.195 e. The topological polar surface area (TPSA) is 32.9 Å². The molecule has 1 N–H and O–H groups in total. The first-order valence-electron chi connectivity index (χ1n) is 3.11. The Morgan fingerprint density at radius 1 is 1.70 bits per heavy atom. The van der Waals surface area contributed by atoms with E-state index in [9.17, 15) is 4.79 Å². The summed E-state index contributed by atoms with van der Waals surface area (Å²) < 4.78 is 0.588. The summed E-state index contributed by atoms with van der Waals surface area (Å²) in [5.41, 5.74) is 1.00. The van der Waals surface area contributed by atoms with Crippen LogP contribution in [0.5, 0.6) is 0 Å². The zero-order valence-electron chi connectivity index (χ0n) is 5.65. The lowest BCUT2D eigenvalue weighted by molar-refractivity contribution is 1.02. The van der Waals surface area contributed by atoms with Crippen LogP contribution < -0.4 is 5.43 Å². The van der Waals surface area contributed by atoms with Crippen LogP contribution in [0.15, 0.2) is 21.5 Å². The Bertz CT molecular complexity index is 279. The van der Waals surface area contributed by atoms with Gasteiger partial charge in [-0.05, 0) is 22.4 Å².